The summed E-state index contributed by atoms with van der Waals surface area (Å²) in [6, 6.07) is 8.19. The van der Waals surface area contributed by atoms with Crippen molar-refractivity contribution in [1.29, 1.82) is 0 Å². The Balaban J connectivity index is 1.46. The molecule has 0 radical (unpaired) electrons. The molecule has 178 valence electrons. The fraction of sp³-hybridized carbons (Fsp3) is 0.444. The first kappa shape index (κ1) is 22.4. The van der Waals surface area contributed by atoms with Crippen LogP contribution in [0.2, 0.25) is 0 Å². The molecule has 0 bridgehead atoms. The summed E-state index contributed by atoms with van der Waals surface area (Å²) in [4.78, 5) is 16.1. The number of hydrogen-bond donors (Lipinski definition) is 1. The van der Waals surface area contributed by atoms with Crippen LogP contribution in [-0.2, 0) is 19.4 Å². The Hall–Kier alpha value is -3.35. The molecule has 7 nitrogen and oxygen atoms in total. The maximum absolute atomic E-state index is 6.22. The third-order valence-electron chi connectivity index (χ3n) is 6.61. The number of rotatable bonds is 4. The van der Waals surface area contributed by atoms with Crippen LogP contribution in [0, 0.1) is 5.41 Å². The van der Waals surface area contributed by atoms with Gasteiger partial charge in [0, 0.05) is 35.1 Å². The molecule has 34 heavy (non-hydrogen) atoms. The summed E-state index contributed by atoms with van der Waals surface area (Å²) in [5, 5.41) is 0. The molecular formula is C27H33N5O2. The van der Waals surface area contributed by atoms with E-state index >= 15 is 0 Å². The number of ether oxygens (including phenoxy) is 2. The Morgan fingerprint density at radius 1 is 1.12 bits per heavy atom. The van der Waals surface area contributed by atoms with E-state index in [2.05, 4.69) is 40.8 Å². The lowest BCUT2D eigenvalue weighted by Crippen LogP contribution is -2.31. The van der Waals surface area contributed by atoms with Gasteiger partial charge in [-0.05, 0) is 62.3 Å². The Bertz CT molecular complexity index is 1210. The van der Waals surface area contributed by atoms with E-state index in [0.717, 1.165) is 60.6 Å². The van der Waals surface area contributed by atoms with Crippen LogP contribution in [0.4, 0.5) is 11.5 Å². The van der Waals surface area contributed by atoms with Gasteiger partial charge in [-0.2, -0.15) is 0 Å². The number of hydrogen-bond acceptors (Lipinski definition) is 7. The van der Waals surface area contributed by atoms with Crippen molar-refractivity contribution < 1.29 is 9.47 Å². The second-order valence-electron chi connectivity index (χ2n) is 10.3. The van der Waals surface area contributed by atoms with E-state index in [1.165, 1.54) is 11.3 Å². The number of aryl methyl sites for hydroxylation is 1. The van der Waals surface area contributed by atoms with Crippen LogP contribution in [0.1, 0.15) is 50.9 Å². The highest BCUT2D eigenvalue weighted by Gasteiger charge is 2.30. The molecule has 3 heterocycles. The Morgan fingerprint density at radius 3 is 2.76 bits per heavy atom. The topological polar surface area (TPSA) is 86.4 Å². The van der Waals surface area contributed by atoms with Gasteiger partial charge in [-0.15, -0.1) is 0 Å². The third kappa shape index (κ3) is 4.52. The average molecular weight is 460 g/mol. The number of anilines is 2. The molecule has 0 saturated carbocycles. The van der Waals surface area contributed by atoms with Crippen LogP contribution >= 0.6 is 0 Å². The first-order chi connectivity index (χ1) is 16.3. The minimum atomic E-state index is 0.0226. The van der Waals surface area contributed by atoms with Crippen LogP contribution in [0.15, 0.2) is 36.8 Å². The monoisotopic (exact) mass is 459 g/mol. The van der Waals surface area contributed by atoms with Crippen LogP contribution in [0.3, 0.4) is 0 Å². The summed E-state index contributed by atoms with van der Waals surface area (Å²) in [6.07, 6.45) is 6.71. The highest BCUT2D eigenvalue weighted by molar-refractivity contribution is 5.70. The largest absolute Gasteiger partial charge is 0.491 e. The van der Waals surface area contributed by atoms with E-state index in [0.29, 0.717) is 18.2 Å². The van der Waals surface area contributed by atoms with E-state index in [4.69, 9.17) is 20.2 Å². The van der Waals surface area contributed by atoms with Crippen molar-refractivity contribution in [2.75, 3.05) is 23.8 Å². The van der Waals surface area contributed by atoms with E-state index in [9.17, 15) is 0 Å². The van der Waals surface area contributed by atoms with Gasteiger partial charge in [-0.1, -0.05) is 19.9 Å². The fourth-order valence-corrected chi connectivity index (χ4v) is 4.83. The molecule has 2 aromatic heterocycles. The van der Waals surface area contributed by atoms with Crippen LogP contribution < -0.4 is 20.1 Å². The van der Waals surface area contributed by atoms with Crippen molar-refractivity contribution in [1.82, 2.24) is 15.0 Å². The quantitative estimate of drug-likeness (QED) is 0.598. The predicted octanol–water partition coefficient (Wildman–Crippen LogP) is 4.82. The number of aromatic nitrogens is 3. The molecule has 2 aliphatic rings. The number of fused-ring (bicyclic) bond motifs is 2. The zero-order valence-electron chi connectivity index (χ0n) is 20.5. The van der Waals surface area contributed by atoms with Gasteiger partial charge in [0.1, 0.15) is 24.5 Å². The van der Waals surface area contributed by atoms with E-state index in [-0.39, 0.29) is 11.5 Å². The smallest absolute Gasteiger partial charge is 0.237 e. The van der Waals surface area contributed by atoms with Gasteiger partial charge in [-0.25, -0.2) is 15.0 Å². The number of nitrogens with zero attached hydrogens (tertiary/aromatic N) is 4. The lowest BCUT2D eigenvalue weighted by atomic mass is 9.76. The first-order valence-corrected chi connectivity index (χ1v) is 12.0. The predicted molar refractivity (Wildman–Crippen MR) is 134 cm³/mol. The maximum atomic E-state index is 6.22. The average Bonchev–Trinajstić information content (AvgIpc) is 3.01. The summed E-state index contributed by atoms with van der Waals surface area (Å²) in [5.41, 5.74) is 12.6. The normalized spacial score (nSPS) is 16.9. The van der Waals surface area contributed by atoms with Crippen LogP contribution in [0.5, 0.6) is 11.6 Å². The molecule has 0 unspecified atom stereocenters. The maximum Gasteiger partial charge on any atom is 0.237 e. The molecule has 0 amide bonds. The summed E-state index contributed by atoms with van der Waals surface area (Å²) >= 11 is 0. The summed E-state index contributed by atoms with van der Waals surface area (Å²) in [5.74, 6) is 2.43. The van der Waals surface area contributed by atoms with Crippen LogP contribution in [-0.4, -0.2) is 34.2 Å². The summed E-state index contributed by atoms with van der Waals surface area (Å²) in [7, 11) is 0. The van der Waals surface area contributed by atoms with Crippen molar-refractivity contribution in [3.8, 4) is 22.8 Å². The molecule has 0 atom stereocenters. The van der Waals surface area contributed by atoms with Gasteiger partial charge in [0.15, 0.2) is 0 Å². The number of nitrogen functional groups attached to an aromatic ring is 1. The second kappa shape index (κ2) is 8.78. The van der Waals surface area contributed by atoms with E-state index in [1.54, 1.807) is 6.33 Å². The number of nitrogens with two attached hydrogens (primary N) is 1. The molecule has 0 saturated heterocycles. The molecule has 7 heteroatoms. The number of pyridine rings is 1. The molecule has 1 aromatic carbocycles. The van der Waals surface area contributed by atoms with Crippen molar-refractivity contribution in [2.45, 2.75) is 59.6 Å². The minimum absolute atomic E-state index is 0.0226. The highest BCUT2D eigenvalue weighted by atomic mass is 16.5. The Labute approximate surface area is 201 Å². The van der Waals surface area contributed by atoms with E-state index < -0.39 is 0 Å². The number of benzene rings is 1. The zero-order chi connectivity index (χ0) is 23.9. The highest BCUT2D eigenvalue weighted by Crippen LogP contribution is 2.39. The standard InChI is InChI=1S/C27H33N5O2/c1-17(2)34-26-22(28)12-19(14-29-26)18-5-6-24-20(11-18)15-32(9-10-33-24)25-21-13-27(3,4)8-7-23(21)30-16-31-25/h5-6,11-12,14,16-17H,7-10,13,15,28H2,1-4H3. The Kier molecular flexibility index (Phi) is 5.80. The van der Waals surface area contributed by atoms with Gasteiger partial charge < -0.3 is 20.1 Å². The summed E-state index contributed by atoms with van der Waals surface area (Å²) in [6.45, 7) is 10.7. The Morgan fingerprint density at radius 2 is 1.97 bits per heavy atom. The lowest BCUT2D eigenvalue weighted by Gasteiger charge is -2.33. The van der Waals surface area contributed by atoms with Gasteiger partial charge >= 0.3 is 0 Å². The molecule has 3 aromatic rings. The molecular weight excluding hydrogens is 426 g/mol. The fourth-order valence-electron chi connectivity index (χ4n) is 4.83. The van der Waals surface area contributed by atoms with E-state index in [1.807, 2.05) is 32.2 Å². The van der Waals surface area contributed by atoms with Crippen molar-refractivity contribution in [3.63, 3.8) is 0 Å². The zero-order valence-corrected chi connectivity index (χ0v) is 20.5. The molecule has 0 fully saturated rings. The van der Waals surface area contributed by atoms with Gasteiger partial charge in [0.2, 0.25) is 5.88 Å². The van der Waals surface area contributed by atoms with Gasteiger partial charge in [0.25, 0.3) is 0 Å². The molecule has 0 spiro atoms. The second-order valence-corrected chi connectivity index (χ2v) is 10.3. The van der Waals surface area contributed by atoms with Crippen molar-refractivity contribution >= 4 is 11.5 Å². The third-order valence-corrected chi connectivity index (χ3v) is 6.61. The molecule has 1 aliphatic heterocycles. The molecule has 1 aliphatic carbocycles. The van der Waals surface area contributed by atoms with Gasteiger partial charge in [0.05, 0.1) is 18.3 Å². The SMILES string of the molecule is CC(C)Oc1ncc(-c2ccc3c(c2)CN(c2ncnc4c2CC(C)(C)CC4)CCO3)cc1N. The van der Waals surface area contributed by atoms with Crippen molar-refractivity contribution in [3.05, 3.63) is 53.6 Å². The van der Waals surface area contributed by atoms with Gasteiger partial charge in [-0.3, -0.25) is 0 Å². The lowest BCUT2D eigenvalue weighted by molar-refractivity contribution is 0.234. The van der Waals surface area contributed by atoms with Crippen molar-refractivity contribution in [2.24, 2.45) is 5.41 Å². The van der Waals surface area contributed by atoms with Crippen LogP contribution in [0.25, 0.3) is 11.1 Å². The summed E-state index contributed by atoms with van der Waals surface area (Å²) < 4.78 is 11.8. The molecule has 5 rings (SSSR count). The molecule has 2 N–H and O–H groups in total. The first-order valence-electron chi connectivity index (χ1n) is 12.0. The minimum Gasteiger partial charge on any atom is -0.491 e.